The van der Waals surface area contributed by atoms with Gasteiger partial charge in [-0.25, -0.2) is 4.79 Å². The second-order valence-corrected chi connectivity index (χ2v) is 7.40. The lowest BCUT2D eigenvalue weighted by atomic mass is 9.94. The smallest absolute Gasteiger partial charge is 0.409 e. The number of ether oxygens (including phenoxy) is 1. The molecule has 2 aromatic carbocycles. The molecule has 1 N–H and O–H groups in total. The van der Waals surface area contributed by atoms with Crippen molar-refractivity contribution >= 4 is 6.09 Å². The molecule has 0 spiro atoms. The van der Waals surface area contributed by atoms with Gasteiger partial charge in [-0.2, -0.15) is 0 Å². The molecule has 28 heavy (non-hydrogen) atoms. The fourth-order valence-electron chi connectivity index (χ4n) is 3.78. The van der Waals surface area contributed by atoms with E-state index in [4.69, 9.17) is 4.74 Å². The molecule has 0 saturated carbocycles. The highest BCUT2D eigenvalue weighted by Crippen LogP contribution is 2.21. The minimum absolute atomic E-state index is 0.00517. The maximum Gasteiger partial charge on any atom is 0.409 e. The Morgan fingerprint density at radius 3 is 2.18 bits per heavy atom. The minimum atomic E-state index is -0.403. The first kappa shape index (κ1) is 20.4. The number of hydrogen-bond acceptors (Lipinski definition) is 4. The number of piperidine rings is 1. The van der Waals surface area contributed by atoms with Gasteiger partial charge >= 0.3 is 6.09 Å². The first-order valence-corrected chi connectivity index (χ1v) is 10.1. The Hall–Kier alpha value is -2.37. The number of likely N-dealkylation sites (tertiary alicyclic amines) is 1. The third-order valence-corrected chi connectivity index (χ3v) is 5.21. The molecule has 3 rings (SSSR count). The summed E-state index contributed by atoms with van der Waals surface area (Å²) in [5.74, 6) is 0.00517. The van der Waals surface area contributed by atoms with Gasteiger partial charge in [0, 0.05) is 38.6 Å². The SMILES string of the molecule is CCOC(=O)N1CC[C@@H](O)[C@@H](CN(Cc2ccccc2)Cc2ccccc2)C1. The molecule has 1 fully saturated rings. The zero-order chi connectivity index (χ0) is 19.8. The van der Waals surface area contributed by atoms with E-state index in [0.717, 1.165) is 19.6 Å². The van der Waals surface area contributed by atoms with Crippen molar-refractivity contribution < 1.29 is 14.6 Å². The lowest BCUT2D eigenvalue weighted by Crippen LogP contribution is -2.49. The quantitative estimate of drug-likeness (QED) is 0.796. The Labute approximate surface area is 167 Å². The molecule has 1 amide bonds. The Morgan fingerprint density at radius 2 is 1.64 bits per heavy atom. The average Bonchev–Trinajstić information content (AvgIpc) is 2.71. The highest BCUT2D eigenvalue weighted by atomic mass is 16.6. The van der Waals surface area contributed by atoms with E-state index in [2.05, 4.69) is 29.2 Å². The van der Waals surface area contributed by atoms with Crippen molar-refractivity contribution in [1.29, 1.82) is 0 Å². The van der Waals surface area contributed by atoms with E-state index in [1.807, 2.05) is 43.3 Å². The second-order valence-electron chi connectivity index (χ2n) is 7.40. The summed E-state index contributed by atoms with van der Waals surface area (Å²) in [7, 11) is 0. The summed E-state index contributed by atoms with van der Waals surface area (Å²) in [6, 6.07) is 20.7. The van der Waals surface area contributed by atoms with Crippen LogP contribution in [-0.2, 0) is 17.8 Å². The first-order valence-electron chi connectivity index (χ1n) is 10.1. The summed E-state index contributed by atoms with van der Waals surface area (Å²) >= 11 is 0. The molecule has 0 unspecified atom stereocenters. The van der Waals surface area contributed by atoms with Gasteiger partial charge in [0.2, 0.25) is 0 Å². The van der Waals surface area contributed by atoms with Crippen LogP contribution in [0.5, 0.6) is 0 Å². The number of aliphatic hydroxyl groups excluding tert-OH is 1. The van der Waals surface area contributed by atoms with Crippen LogP contribution in [0.2, 0.25) is 0 Å². The lowest BCUT2D eigenvalue weighted by Gasteiger charge is -2.38. The Kier molecular flexibility index (Phi) is 7.46. The normalized spacial score (nSPS) is 19.6. The Balaban J connectivity index is 1.70. The molecule has 1 heterocycles. The van der Waals surface area contributed by atoms with Crippen LogP contribution >= 0.6 is 0 Å². The molecular weight excluding hydrogens is 352 g/mol. The van der Waals surface area contributed by atoms with Crippen LogP contribution in [-0.4, -0.2) is 53.3 Å². The second kappa shape index (κ2) is 10.2. The van der Waals surface area contributed by atoms with E-state index < -0.39 is 6.10 Å². The highest BCUT2D eigenvalue weighted by molar-refractivity contribution is 5.67. The van der Waals surface area contributed by atoms with Crippen LogP contribution < -0.4 is 0 Å². The van der Waals surface area contributed by atoms with Crippen molar-refractivity contribution in [3.8, 4) is 0 Å². The number of hydrogen-bond donors (Lipinski definition) is 1. The number of carbonyl (C=O) groups is 1. The van der Waals surface area contributed by atoms with Crippen LogP contribution in [0.15, 0.2) is 60.7 Å². The Morgan fingerprint density at radius 1 is 1.07 bits per heavy atom. The molecule has 1 aliphatic heterocycles. The largest absolute Gasteiger partial charge is 0.450 e. The summed E-state index contributed by atoms with van der Waals surface area (Å²) in [6.07, 6.45) is -0.0923. The predicted molar refractivity (Wildman–Crippen MR) is 110 cm³/mol. The van der Waals surface area contributed by atoms with E-state index in [-0.39, 0.29) is 12.0 Å². The number of nitrogens with zero attached hydrogens (tertiary/aromatic N) is 2. The van der Waals surface area contributed by atoms with Crippen LogP contribution in [0.4, 0.5) is 4.79 Å². The predicted octanol–water partition coefficient (Wildman–Crippen LogP) is 3.53. The van der Waals surface area contributed by atoms with Crippen LogP contribution in [0, 0.1) is 5.92 Å². The molecule has 2 aromatic rings. The van der Waals surface area contributed by atoms with Crippen LogP contribution in [0.1, 0.15) is 24.5 Å². The van der Waals surface area contributed by atoms with E-state index in [1.165, 1.54) is 11.1 Å². The molecule has 0 radical (unpaired) electrons. The lowest BCUT2D eigenvalue weighted by molar-refractivity contribution is 0.00509. The van der Waals surface area contributed by atoms with Gasteiger partial charge in [0.05, 0.1) is 12.7 Å². The number of benzene rings is 2. The van der Waals surface area contributed by atoms with E-state index >= 15 is 0 Å². The molecule has 5 heteroatoms. The van der Waals surface area contributed by atoms with Gasteiger partial charge in [-0.1, -0.05) is 60.7 Å². The molecule has 1 saturated heterocycles. The number of aliphatic hydroxyl groups is 1. The fraction of sp³-hybridized carbons (Fsp3) is 0.435. The van der Waals surface area contributed by atoms with Crippen LogP contribution in [0.3, 0.4) is 0 Å². The molecule has 2 atom stereocenters. The zero-order valence-corrected chi connectivity index (χ0v) is 16.5. The van der Waals surface area contributed by atoms with Crippen molar-refractivity contribution in [2.75, 3.05) is 26.2 Å². The zero-order valence-electron chi connectivity index (χ0n) is 16.5. The number of rotatable bonds is 7. The minimum Gasteiger partial charge on any atom is -0.450 e. The topological polar surface area (TPSA) is 53.0 Å². The standard InChI is InChI=1S/C23H30N2O3/c1-2-28-23(27)25-14-13-22(26)21(18-25)17-24(15-19-9-5-3-6-10-19)16-20-11-7-4-8-12-20/h3-12,21-22,26H,2,13-18H2,1H3/t21-,22+/m0/s1. The molecule has 1 aliphatic rings. The van der Waals surface area contributed by atoms with Gasteiger partial charge < -0.3 is 14.7 Å². The van der Waals surface area contributed by atoms with Crippen molar-refractivity contribution in [2.45, 2.75) is 32.5 Å². The van der Waals surface area contributed by atoms with E-state index in [0.29, 0.717) is 26.1 Å². The number of carbonyl (C=O) groups excluding carboxylic acids is 1. The van der Waals surface area contributed by atoms with E-state index in [9.17, 15) is 9.90 Å². The van der Waals surface area contributed by atoms with Crippen LogP contribution in [0.25, 0.3) is 0 Å². The fourth-order valence-corrected chi connectivity index (χ4v) is 3.78. The summed E-state index contributed by atoms with van der Waals surface area (Å²) in [4.78, 5) is 16.2. The van der Waals surface area contributed by atoms with Gasteiger partial charge in [-0.3, -0.25) is 4.90 Å². The van der Waals surface area contributed by atoms with Gasteiger partial charge in [0.25, 0.3) is 0 Å². The van der Waals surface area contributed by atoms with Gasteiger partial charge in [0.1, 0.15) is 0 Å². The van der Waals surface area contributed by atoms with Crippen molar-refractivity contribution in [2.24, 2.45) is 5.92 Å². The third-order valence-electron chi connectivity index (χ3n) is 5.21. The summed E-state index contributed by atoms with van der Waals surface area (Å²) in [5, 5.41) is 10.6. The number of amides is 1. The maximum absolute atomic E-state index is 12.1. The molecule has 0 aromatic heterocycles. The maximum atomic E-state index is 12.1. The van der Waals surface area contributed by atoms with Gasteiger partial charge in [0.15, 0.2) is 0 Å². The monoisotopic (exact) mass is 382 g/mol. The first-order chi connectivity index (χ1) is 13.7. The Bertz CT molecular complexity index is 682. The molecular formula is C23H30N2O3. The van der Waals surface area contributed by atoms with Gasteiger partial charge in [-0.15, -0.1) is 0 Å². The summed E-state index contributed by atoms with van der Waals surface area (Å²) < 4.78 is 5.15. The third kappa shape index (κ3) is 5.81. The molecule has 150 valence electrons. The van der Waals surface area contributed by atoms with Crippen molar-refractivity contribution in [3.05, 3.63) is 71.8 Å². The van der Waals surface area contributed by atoms with Crippen molar-refractivity contribution in [3.63, 3.8) is 0 Å². The molecule has 5 nitrogen and oxygen atoms in total. The van der Waals surface area contributed by atoms with E-state index in [1.54, 1.807) is 4.90 Å². The molecule has 0 bridgehead atoms. The summed E-state index contributed by atoms with van der Waals surface area (Å²) in [5.41, 5.74) is 2.48. The highest BCUT2D eigenvalue weighted by Gasteiger charge is 2.32. The average molecular weight is 383 g/mol. The molecule has 0 aliphatic carbocycles. The summed E-state index contributed by atoms with van der Waals surface area (Å²) in [6.45, 7) is 5.60. The van der Waals surface area contributed by atoms with Crippen molar-refractivity contribution in [1.82, 2.24) is 9.80 Å². The van der Waals surface area contributed by atoms with Gasteiger partial charge in [-0.05, 0) is 24.5 Å².